The van der Waals surface area contributed by atoms with Crippen molar-refractivity contribution in [2.45, 2.75) is 30.5 Å². The monoisotopic (exact) mass is 281 g/mol. The molecule has 0 aliphatic heterocycles. The molecule has 1 heterocycles. The molecule has 98 valence electrons. The van der Waals surface area contributed by atoms with Crippen LogP contribution in [0, 0.1) is 0 Å². The molecule has 4 heteroatoms. The molecule has 2 rings (SSSR count). The van der Waals surface area contributed by atoms with Gasteiger partial charge in [0.1, 0.15) is 0 Å². The Morgan fingerprint density at radius 2 is 2.11 bits per heavy atom. The maximum absolute atomic E-state index is 5.06. The van der Waals surface area contributed by atoms with Crippen molar-refractivity contribution in [2.24, 2.45) is 0 Å². The Bertz CT molecular complexity index is 528. The van der Waals surface area contributed by atoms with Gasteiger partial charge in [0.05, 0.1) is 16.8 Å². The second-order valence-electron chi connectivity index (χ2n) is 5.25. The van der Waals surface area contributed by atoms with Gasteiger partial charge in [-0.05, 0) is 23.1 Å². The van der Waals surface area contributed by atoms with Crippen molar-refractivity contribution in [3.63, 3.8) is 0 Å². The van der Waals surface area contributed by atoms with Gasteiger partial charge in [-0.2, -0.15) is 0 Å². The molecule has 0 N–H and O–H groups in total. The Kier molecular flexibility index (Phi) is 4.30. The summed E-state index contributed by atoms with van der Waals surface area (Å²) in [5, 5.41) is 0. The van der Waals surface area contributed by atoms with Crippen molar-refractivity contribution in [3.05, 3.63) is 23.8 Å². The summed E-state index contributed by atoms with van der Waals surface area (Å²) in [4.78, 5) is 4.63. The molecule has 1 aromatic heterocycles. The van der Waals surface area contributed by atoms with Gasteiger partial charge in [-0.25, -0.2) is 4.98 Å². The largest absolute Gasteiger partial charge is 0.384 e. The quantitative estimate of drug-likeness (QED) is 0.615. The second kappa shape index (κ2) is 5.59. The lowest BCUT2D eigenvalue weighted by Gasteiger charge is -2.18. The van der Waals surface area contributed by atoms with Crippen molar-refractivity contribution < 1.29 is 4.74 Å². The van der Waals surface area contributed by atoms with Crippen LogP contribution in [-0.4, -0.2) is 24.5 Å². The highest BCUT2D eigenvalue weighted by Crippen LogP contribution is 2.32. The van der Waals surface area contributed by atoms with E-state index in [1.807, 2.05) is 0 Å². The van der Waals surface area contributed by atoms with Crippen LogP contribution in [0.25, 0.3) is 10.2 Å². The first kappa shape index (κ1) is 13.8. The molecule has 0 bridgehead atoms. The standard InChI is InChI=1S/C14H19NOS2/c1-14(2,3)10-5-6-11-12(9-10)18-13(15-11)17-8-7-16-4/h5-6,9H,7-8H2,1-4H3. The number of hydrogen-bond acceptors (Lipinski definition) is 4. The van der Waals surface area contributed by atoms with E-state index in [1.54, 1.807) is 30.2 Å². The topological polar surface area (TPSA) is 22.1 Å². The van der Waals surface area contributed by atoms with Gasteiger partial charge >= 0.3 is 0 Å². The summed E-state index contributed by atoms with van der Waals surface area (Å²) >= 11 is 3.54. The van der Waals surface area contributed by atoms with E-state index >= 15 is 0 Å². The highest BCUT2D eigenvalue weighted by Gasteiger charge is 2.15. The number of rotatable bonds is 4. The second-order valence-corrected chi connectivity index (χ2v) is 7.63. The van der Waals surface area contributed by atoms with E-state index in [1.165, 1.54) is 10.3 Å². The van der Waals surface area contributed by atoms with Gasteiger partial charge < -0.3 is 4.74 Å². The summed E-state index contributed by atoms with van der Waals surface area (Å²) in [6.07, 6.45) is 0. The number of benzene rings is 1. The number of hydrogen-bond donors (Lipinski definition) is 0. The molecule has 1 aromatic carbocycles. The fourth-order valence-corrected chi connectivity index (χ4v) is 3.72. The Morgan fingerprint density at radius 3 is 2.78 bits per heavy atom. The van der Waals surface area contributed by atoms with E-state index in [4.69, 9.17) is 4.74 Å². The van der Waals surface area contributed by atoms with Gasteiger partial charge in [0.15, 0.2) is 4.34 Å². The summed E-state index contributed by atoms with van der Waals surface area (Å²) in [5.74, 6) is 0.961. The first-order chi connectivity index (χ1) is 8.50. The lowest BCUT2D eigenvalue weighted by molar-refractivity contribution is 0.218. The molecular weight excluding hydrogens is 262 g/mol. The molecule has 2 aromatic rings. The lowest BCUT2D eigenvalue weighted by Crippen LogP contribution is -2.10. The van der Waals surface area contributed by atoms with Gasteiger partial charge in [-0.15, -0.1) is 11.3 Å². The van der Waals surface area contributed by atoms with Crippen molar-refractivity contribution in [1.29, 1.82) is 0 Å². The fraction of sp³-hybridized carbons (Fsp3) is 0.500. The predicted molar refractivity (Wildman–Crippen MR) is 80.9 cm³/mol. The summed E-state index contributed by atoms with van der Waals surface area (Å²) in [7, 11) is 1.73. The minimum atomic E-state index is 0.196. The summed E-state index contributed by atoms with van der Waals surface area (Å²) < 4.78 is 7.47. The molecular formula is C14H19NOS2. The zero-order valence-electron chi connectivity index (χ0n) is 11.3. The number of ether oxygens (including phenoxy) is 1. The van der Waals surface area contributed by atoms with E-state index < -0.39 is 0 Å². The number of aromatic nitrogens is 1. The van der Waals surface area contributed by atoms with E-state index in [0.717, 1.165) is 22.2 Å². The highest BCUT2D eigenvalue weighted by molar-refractivity contribution is 8.01. The van der Waals surface area contributed by atoms with Crippen LogP contribution in [0.4, 0.5) is 0 Å². The number of nitrogens with zero attached hydrogens (tertiary/aromatic N) is 1. The molecule has 0 fully saturated rings. The highest BCUT2D eigenvalue weighted by atomic mass is 32.2. The molecule has 18 heavy (non-hydrogen) atoms. The molecule has 2 nitrogen and oxygen atoms in total. The van der Waals surface area contributed by atoms with Gasteiger partial charge in [0.25, 0.3) is 0 Å². The lowest BCUT2D eigenvalue weighted by atomic mass is 9.87. The molecule has 0 spiro atoms. The van der Waals surface area contributed by atoms with E-state index in [0.29, 0.717) is 0 Å². The molecule has 0 saturated heterocycles. The van der Waals surface area contributed by atoms with E-state index in [-0.39, 0.29) is 5.41 Å². The SMILES string of the molecule is COCCSc1nc2ccc(C(C)(C)C)cc2s1. The molecule has 0 radical (unpaired) electrons. The maximum atomic E-state index is 5.06. The Balaban J connectivity index is 2.23. The first-order valence-corrected chi connectivity index (χ1v) is 7.84. The third-order valence-corrected chi connectivity index (χ3v) is 4.87. The number of fused-ring (bicyclic) bond motifs is 1. The third-order valence-electron chi connectivity index (χ3n) is 2.75. The van der Waals surface area contributed by atoms with E-state index in [9.17, 15) is 0 Å². The predicted octanol–water partition coefficient (Wildman–Crippen LogP) is 4.33. The van der Waals surface area contributed by atoms with Crippen molar-refractivity contribution in [3.8, 4) is 0 Å². The fourth-order valence-electron chi connectivity index (χ4n) is 1.64. The van der Waals surface area contributed by atoms with Crippen molar-refractivity contribution in [2.75, 3.05) is 19.5 Å². The number of thioether (sulfide) groups is 1. The average molecular weight is 281 g/mol. The summed E-state index contributed by atoms with van der Waals surface area (Å²) in [6.45, 7) is 7.49. The van der Waals surface area contributed by atoms with Gasteiger partial charge in [-0.1, -0.05) is 38.6 Å². The number of thiazole rings is 1. The van der Waals surface area contributed by atoms with Crippen LogP contribution < -0.4 is 0 Å². The van der Waals surface area contributed by atoms with Gasteiger partial charge in [0.2, 0.25) is 0 Å². The third kappa shape index (κ3) is 3.25. The van der Waals surface area contributed by atoms with Crippen LogP contribution in [0.1, 0.15) is 26.3 Å². The van der Waals surface area contributed by atoms with E-state index in [2.05, 4.69) is 44.0 Å². The van der Waals surface area contributed by atoms with Crippen LogP contribution in [0.3, 0.4) is 0 Å². The Labute approximate surface area is 117 Å². The number of methoxy groups -OCH3 is 1. The average Bonchev–Trinajstić information content (AvgIpc) is 2.69. The zero-order valence-corrected chi connectivity index (χ0v) is 13.0. The summed E-state index contributed by atoms with van der Waals surface area (Å²) in [6, 6.07) is 6.59. The maximum Gasteiger partial charge on any atom is 0.151 e. The molecule has 0 saturated carbocycles. The van der Waals surface area contributed by atoms with Gasteiger partial charge in [-0.3, -0.25) is 0 Å². The molecule has 0 amide bonds. The van der Waals surface area contributed by atoms with Crippen LogP contribution in [0.5, 0.6) is 0 Å². The molecule has 0 aliphatic rings. The first-order valence-electron chi connectivity index (χ1n) is 6.03. The Hall–Kier alpha value is -0.580. The normalized spacial score (nSPS) is 12.2. The van der Waals surface area contributed by atoms with Crippen molar-refractivity contribution in [1.82, 2.24) is 4.98 Å². The van der Waals surface area contributed by atoms with Crippen LogP contribution in [0.2, 0.25) is 0 Å². The minimum absolute atomic E-state index is 0.196. The smallest absolute Gasteiger partial charge is 0.151 e. The van der Waals surface area contributed by atoms with Crippen molar-refractivity contribution >= 4 is 33.3 Å². The van der Waals surface area contributed by atoms with Crippen LogP contribution >= 0.6 is 23.1 Å². The Morgan fingerprint density at radius 1 is 1.33 bits per heavy atom. The molecule has 0 atom stereocenters. The molecule has 0 unspecified atom stereocenters. The summed E-state index contributed by atoms with van der Waals surface area (Å²) in [5.41, 5.74) is 2.67. The molecule has 0 aliphatic carbocycles. The van der Waals surface area contributed by atoms with Gasteiger partial charge in [0, 0.05) is 12.9 Å². The van der Waals surface area contributed by atoms with Crippen LogP contribution in [0.15, 0.2) is 22.5 Å². The minimum Gasteiger partial charge on any atom is -0.384 e. The zero-order chi connectivity index (χ0) is 13.2. The van der Waals surface area contributed by atoms with Crippen LogP contribution in [-0.2, 0) is 10.2 Å².